The molecule has 2 aromatic heterocycles. The van der Waals surface area contributed by atoms with Crippen molar-refractivity contribution < 1.29 is 14.7 Å². The largest absolute Gasteiger partial charge is 0.477 e. The number of hydrogen-bond donors (Lipinski definition) is 2. The number of carbonyl (C=O) groups excluding carboxylic acids is 1. The second-order valence-corrected chi connectivity index (χ2v) is 3.50. The number of aromatic carboxylic acids is 1. The summed E-state index contributed by atoms with van der Waals surface area (Å²) in [5.41, 5.74) is 0.910. The van der Waals surface area contributed by atoms with Gasteiger partial charge in [-0.05, 0) is 0 Å². The van der Waals surface area contributed by atoms with E-state index in [1.807, 2.05) is 0 Å². The van der Waals surface area contributed by atoms with E-state index >= 15 is 0 Å². The molecule has 1 amide bonds. The molecule has 2 N–H and O–H groups in total. The van der Waals surface area contributed by atoms with Crippen LogP contribution in [-0.4, -0.2) is 31.5 Å². The van der Waals surface area contributed by atoms with Gasteiger partial charge in [0.25, 0.3) is 0 Å². The summed E-state index contributed by atoms with van der Waals surface area (Å²) in [7, 11) is 1.56. The van der Waals surface area contributed by atoms with Crippen molar-refractivity contribution in [1.82, 2.24) is 14.5 Å². The molecule has 88 valence electrons. The second kappa shape index (κ2) is 3.85. The van der Waals surface area contributed by atoms with Crippen molar-refractivity contribution in [3.05, 3.63) is 18.1 Å². The lowest BCUT2D eigenvalue weighted by Gasteiger charge is -2.02. The zero-order valence-electron chi connectivity index (χ0n) is 9.26. The highest BCUT2D eigenvalue weighted by molar-refractivity contribution is 6.08. The molecule has 2 rings (SSSR count). The number of amides is 1. The van der Waals surface area contributed by atoms with Crippen LogP contribution < -0.4 is 5.32 Å². The molecule has 0 radical (unpaired) electrons. The molecule has 0 aliphatic heterocycles. The van der Waals surface area contributed by atoms with Gasteiger partial charge >= 0.3 is 5.97 Å². The van der Waals surface area contributed by atoms with E-state index in [-0.39, 0.29) is 17.3 Å². The van der Waals surface area contributed by atoms with Gasteiger partial charge in [-0.15, -0.1) is 0 Å². The third-order valence-corrected chi connectivity index (χ3v) is 2.31. The van der Waals surface area contributed by atoms with Gasteiger partial charge in [-0.1, -0.05) is 0 Å². The van der Waals surface area contributed by atoms with Crippen molar-refractivity contribution in [3.8, 4) is 0 Å². The predicted octanol–water partition coefficient (Wildman–Crippen LogP) is 0.625. The van der Waals surface area contributed by atoms with E-state index in [1.165, 1.54) is 23.9 Å². The van der Waals surface area contributed by atoms with Crippen LogP contribution in [0.2, 0.25) is 0 Å². The molecule has 0 unspecified atom stereocenters. The third-order valence-electron chi connectivity index (χ3n) is 2.31. The topological polar surface area (TPSA) is 97.1 Å². The fourth-order valence-corrected chi connectivity index (χ4v) is 1.68. The Bertz CT molecular complexity index is 617. The summed E-state index contributed by atoms with van der Waals surface area (Å²) in [5, 5.41) is 11.6. The number of nitrogens with zero attached hydrogens (tertiary/aromatic N) is 3. The average Bonchev–Trinajstić information content (AvgIpc) is 2.52. The molecule has 0 atom stereocenters. The number of carbonyl (C=O) groups is 2. The minimum absolute atomic E-state index is 0.0404. The number of hydrogen-bond acceptors (Lipinski definition) is 4. The number of carboxylic acids is 1. The number of rotatable bonds is 2. The number of carboxylic acid groups (broad SMARTS) is 1. The number of aromatic nitrogens is 3. The van der Waals surface area contributed by atoms with E-state index < -0.39 is 5.97 Å². The highest BCUT2D eigenvalue weighted by atomic mass is 16.4. The van der Waals surface area contributed by atoms with Gasteiger partial charge in [0.05, 0.1) is 0 Å². The van der Waals surface area contributed by atoms with Crippen LogP contribution in [0.4, 0.5) is 5.69 Å². The predicted molar refractivity (Wildman–Crippen MR) is 59.8 cm³/mol. The van der Waals surface area contributed by atoms with Gasteiger partial charge in [-0.25, -0.2) is 14.8 Å². The Morgan fingerprint density at radius 2 is 2.00 bits per heavy atom. The number of aryl methyl sites for hydroxylation is 1. The molecule has 2 aromatic rings. The van der Waals surface area contributed by atoms with Gasteiger partial charge in [0.1, 0.15) is 11.2 Å². The van der Waals surface area contributed by atoms with Crippen LogP contribution in [0.3, 0.4) is 0 Å². The van der Waals surface area contributed by atoms with E-state index in [0.29, 0.717) is 11.2 Å². The summed E-state index contributed by atoms with van der Waals surface area (Å²) in [5.74, 6) is -1.50. The van der Waals surface area contributed by atoms with Crippen molar-refractivity contribution >= 4 is 28.7 Å². The summed E-state index contributed by atoms with van der Waals surface area (Å²) in [4.78, 5) is 30.3. The molecule has 2 heterocycles. The Morgan fingerprint density at radius 1 is 1.35 bits per heavy atom. The van der Waals surface area contributed by atoms with Gasteiger partial charge in [0, 0.05) is 26.4 Å². The molecular formula is C10H10N4O3. The smallest absolute Gasteiger partial charge is 0.354 e. The van der Waals surface area contributed by atoms with Crippen molar-refractivity contribution in [2.24, 2.45) is 7.05 Å². The molecule has 0 aliphatic carbocycles. The van der Waals surface area contributed by atoms with E-state index in [2.05, 4.69) is 15.3 Å². The fraction of sp³-hybridized carbons (Fsp3) is 0.200. The van der Waals surface area contributed by atoms with Gasteiger partial charge < -0.3 is 15.0 Å². The highest BCUT2D eigenvalue weighted by Crippen LogP contribution is 2.27. The van der Waals surface area contributed by atoms with Crippen LogP contribution in [0.5, 0.6) is 0 Å². The van der Waals surface area contributed by atoms with E-state index in [4.69, 9.17) is 5.11 Å². The van der Waals surface area contributed by atoms with Crippen molar-refractivity contribution in [2.45, 2.75) is 6.92 Å². The second-order valence-electron chi connectivity index (χ2n) is 3.50. The molecule has 7 nitrogen and oxygen atoms in total. The summed E-state index contributed by atoms with van der Waals surface area (Å²) in [6.45, 7) is 1.31. The maximum absolute atomic E-state index is 11.2. The van der Waals surface area contributed by atoms with Crippen LogP contribution >= 0.6 is 0 Å². The molecule has 0 spiro atoms. The fourth-order valence-electron chi connectivity index (χ4n) is 1.68. The Balaban J connectivity index is 2.80. The molecule has 0 aliphatic rings. The lowest BCUT2D eigenvalue weighted by Crippen LogP contribution is -2.12. The monoisotopic (exact) mass is 234 g/mol. The minimum Gasteiger partial charge on any atom is -0.477 e. The first-order chi connectivity index (χ1) is 8.02. The Labute approximate surface area is 96.1 Å². The quantitative estimate of drug-likeness (QED) is 0.794. The van der Waals surface area contributed by atoms with Gasteiger partial charge in [0.15, 0.2) is 11.3 Å². The zero-order valence-corrected chi connectivity index (χ0v) is 9.26. The van der Waals surface area contributed by atoms with Crippen molar-refractivity contribution in [1.29, 1.82) is 0 Å². The molecule has 0 bridgehead atoms. The van der Waals surface area contributed by atoms with Crippen LogP contribution in [-0.2, 0) is 11.8 Å². The molecule has 17 heavy (non-hydrogen) atoms. The zero-order chi connectivity index (χ0) is 12.6. The number of nitrogens with one attached hydrogen (secondary N) is 1. The first-order valence-electron chi connectivity index (χ1n) is 4.82. The van der Waals surface area contributed by atoms with Crippen LogP contribution in [0.15, 0.2) is 12.4 Å². The lowest BCUT2D eigenvalue weighted by atomic mass is 10.3. The number of fused-ring (bicyclic) bond motifs is 1. The molecule has 0 saturated heterocycles. The third kappa shape index (κ3) is 1.71. The normalized spacial score (nSPS) is 10.5. The molecular weight excluding hydrogens is 224 g/mol. The Kier molecular flexibility index (Phi) is 2.51. The SMILES string of the molecule is CC(=O)Nc1c(C(=O)O)n(C)c2nccnc12. The Morgan fingerprint density at radius 3 is 2.59 bits per heavy atom. The average molecular weight is 234 g/mol. The van der Waals surface area contributed by atoms with Crippen LogP contribution in [0, 0.1) is 0 Å². The van der Waals surface area contributed by atoms with E-state index in [1.54, 1.807) is 7.05 Å². The molecule has 0 saturated carbocycles. The van der Waals surface area contributed by atoms with E-state index in [9.17, 15) is 9.59 Å². The summed E-state index contributed by atoms with van der Waals surface area (Å²) in [6.07, 6.45) is 2.91. The minimum atomic E-state index is -1.14. The maximum atomic E-state index is 11.2. The van der Waals surface area contributed by atoms with Gasteiger partial charge in [-0.3, -0.25) is 4.79 Å². The molecule has 7 heteroatoms. The van der Waals surface area contributed by atoms with Crippen molar-refractivity contribution in [2.75, 3.05) is 5.32 Å². The summed E-state index contributed by atoms with van der Waals surface area (Å²) < 4.78 is 1.38. The lowest BCUT2D eigenvalue weighted by molar-refractivity contribution is -0.114. The Hall–Kier alpha value is -2.44. The first kappa shape index (κ1) is 11.1. The standard InChI is InChI=1S/C10H10N4O3/c1-5(15)13-6-7-9(12-4-3-11-7)14(2)8(6)10(16)17/h3-4H,1-2H3,(H,13,15)(H,16,17). The maximum Gasteiger partial charge on any atom is 0.354 e. The summed E-state index contributed by atoms with van der Waals surface area (Å²) in [6, 6.07) is 0. The summed E-state index contributed by atoms with van der Waals surface area (Å²) >= 11 is 0. The first-order valence-corrected chi connectivity index (χ1v) is 4.82. The number of anilines is 1. The van der Waals surface area contributed by atoms with Gasteiger partial charge in [-0.2, -0.15) is 0 Å². The van der Waals surface area contributed by atoms with Gasteiger partial charge in [0.2, 0.25) is 5.91 Å². The van der Waals surface area contributed by atoms with Crippen molar-refractivity contribution in [3.63, 3.8) is 0 Å². The van der Waals surface area contributed by atoms with E-state index in [0.717, 1.165) is 0 Å². The molecule has 0 aromatic carbocycles. The molecule has 0 fully saturated rings. The van der Waals surface area contributed by atoms with Crippen LogP contribution in [0.1, 0.15) is 17.4 Å². The highest BCUT2D eigenvalue weighted by Gasteiger charge is 2.22. The van der Waals surface area contributed by atoms with Crippen LogP contribution in [0.25, 0.3) is 11.2 Å².